The molecule has 0 fully saturated rings. The van der Waals surface area contributed by atoms with Crippen LogP contribution in [0.5, 0.6) is 0 Å². The van der Waals surface area contributed by atoms with Gasteiger partial charge in [-0.2, -0.15) is 5.10 Å². The van der Waals surface area contributed by atoms with E-state index in [2.05, 4.69) is 10.5 Å². The van der Waals surface area contributed by atoms with Gasteiger partial charge in [0.05, 0.1) is 12.3 Å². The number of benzene rings is 1. The number of ether oxygens (including phenoxy) is 1. The van der Waals surface area contributed by atoms with Gasteiger partial charge in [0.1, 0.15) is 0 Å². The van der Waals surface area contributed by atoms with Crippen LogP contribution in [0.2, 0.25) is 0 Å². The summed E-state index contributed by atoms with van der Waals surface area (Å²) in [7, 11) is 0. The predicted molar refractivity (Wildman–Crippen MR) is 68.3 cm³/mol. The van der Waals surface area contributed by atoms with Crippen molar-refractivity contribution in [2.24, 2.45) is 5.10 Å². The summed E-state index contributed by atoms with van der Waals surface area (Å²) >= 11 is 0. The largest absolute Gasteiger partial charge is 0.449 e. The minimum Gasteiger partial charge on any atom is -0.449 e. The molecule has 1 rings (SSSR count). The highest BCUT2D eigenvalue weighted by Gasteiger charge is 2.04. The van der Waals surface area contributed by atoms with Gasteiger partial charge >= 0.3 is 6.09 Å². The van der Waals surface area contributed by atoms with Crippen LogP contribution in [0.25, 0.3) is 0 Å². The van der Waals surface area contributed by atoms with Crippen LogP contribution in [0, 0.1) is 13.8 Å². The van der Waals surface area contributed by atoms with Crippen LogP contribution in [0.4, 0.5) is 4.79 Å². The molecule has 0 atom stereocenters. The van der Waals surface area contributed by atoms with Crippen LogP contribution in [0.15, 0.2) is 23.3 Å². The number of amides is 1. The summed E-state index contributed by atoms with van der Waals surface area (Å²) in [5.74, 6) is 0. The lowest BCUT2D eigenvalue weighted by molar-refractivity contribution is 0.152. The first-order valence-electron chi connectivity index (χ1n) is 5.59. The van der Waals surface area contributed by atoms with Crippen LogP contribution in [-0.2, 0) is 4.74 Å². The first-order valence-corrected chi connectivity index (χ1v) is 5.59. The van der Waals surface area contributed by atoms with Gasteiger partial charge in [-0.3, -0.25) is 0 Å². The fourth-order valence-corrected chi connectivity index (χ4v) is 1.48. The van der Waals surface area contributed by atoms with Gasteiger partial charge in [-0.1, -0.05) is 17.7 Å². The Balaban J connectivity index is 2.81. The molecule has 0 aliphatic heterocycles. The van der Waals surface area contributed by atoms with E-state index in [1.54, 1.807) is 6.92 Å². The van der Waals surface area contributed by atoms with Crippen molar-refractivity contribution in [3.05, 3.63) is 34.9 Å². The molecule has 0 saturated heterocycles. The number of carbonyl (C=O) groups is 1. The van der Waals surface area contributed by atoms with E-state index in [1.807, 2.05) is 39.0 Å². The number of hydrogen-bond donors (Lipinski definition) is 1. The molecule has 0 bridgehead atoms. The molecule has 1 aromatic rings. The molecule has 0 spiro atoms. The number of rotatable bonds is 3. The smallest absolute Gasteiger partial charge is 0.427 e. The first-order chi connectivity index (χ1) is 8.04. The topological polar surface area (TPSA) is 50.7 Å². The van der Waals surface area contributed by atoms with E-state index < -0.39 is 6.09 Å². The molecular weight excluding hydrogens is 216 g/mol. The molecule has 0 unspecified atom stereocenters. The molecule has 0 aromatic heterocycles. The van der Waals surface area contributed by atoms with Crippen molar-refractivity contribution in [3.8, 4) is 0 Å². The van der Waals surface area contributed by atoms with Gasteiger partial charge in [0.2, 0.25) is 0 Å². The van der Waals surface area contributed by atoms with Gasteiger partial charge in [0.15, 0.2) is 0 Å². The maximum absolute atomic E-state index is 11.1. The monoisotopic (exact) mass is 234 g/mol. The summed E-state index contributed by atoms with van der Waals surface area (Å²) in [5, 5.41) is 4.01. The molecule has 0 aliphatic rings. The van der Waals surface area contributed by atoms with E-state index in [0.717, 1.165) is 22.4 Å². The molecule has 1 amide bonds. The molecule has 0 aliphatic carbocycles. The molecule has 0 heterocycles. The molecule has 0 saturated carbocycles. The molecule has 1 N–H and O–H groups in total. The highest BCUT2D eigenvalue weighted by molar-refractivity contribution is 6.00. The summed E-state index contributed by atoms with van der Waals surface area (Å²) in [6, 6.07) is 6.12. The highest BCUT2D eigenvalue weighted by atomic mass is 16.5. The Morgan fingerprint density at radius 1 is 1.41 bits per heavy atom. The lowest BCUT2D eigenvalue weighted by atomic mass is 10.0. The summed E-state index contributed by atoms with van der Waals surface area (Å²) < 4.78 is 4.72. The van der Waals surface area contributed by atoms with E-state index >= 15 is 0 Å². The number of nitrogens with one attached hydrogen (secondary N) is 1. The number of hydrazone groups is 1. The SMILES string of the molecule is CCOC(=O)N/N=C(/C)c1cc(C)ccc1C. The summed E-state index contributed by atoms with van der Waals surface area (Å²) in [4.78, 5) is 11.1. The lowest BCUT2D eigenvalue weighted by Crippen LogP contribution is -2.20. The Hall–Kier alpha value is -1.84. The van der Waals surface area contributed by atoms with Crippen LogP contribution >= 0.6 is 0 Å². The second-order valence-corrected chi connectivity index (χ2v) is 3.85. The normalized spacial score (nSPS) is 11.2. The van der Waals surface area contributed by atoms with E-state index in [1.165, 1.54) is 0 Å². The molecule has 92 valence electrons. The van der Waals surface area contributed by atoms with Gasteiger partial charge < -0.3 is 4.74 Å². The van der Waals surface area contributed by atoms with Gasteiger partial charge in [0, 0.05) is 5.56 Å². The average molecular weight is 234 g/mol. The fourth-order valence-electron chi connectivity index (χ4n) is 1.48. The maximum Gasteiger partial charge on any atom is 0.427 e. The van der Waals surface area contributed by atoms with Crippen molar-refractivity contribution in [3.63, 3.8) is 0 Å². The Morgan fingerprint density at radius 2 is 2.12 bits per heavy atom. The second kappa shape index (κ2) is 6.03. The Bertz CT molecular complexity index is 439. The van der Waals surface area contributed by atoms with E-state index in [-0.39, 0.29) is 0 Å². The zero-order valence-corrected chi connectivity index (χ0v) is 10.7. The molecule has 4 heteroatoms. The number of aryl methyl sites for hydroxylation is 2. The zero-order chi connectivity index (χ0) is 12.8. The lowest BCUT2D eigenvalue weighted by Gasteiger charge is -2.07. The summed E-state index contributed by atoms with van der Waals surface area (Å²) in [6.45, 7) is 7.98. The molecule has 0 radical (unpaired) electrons. The quantitative estimate of drug-likeness (QED) is 0.645. The van der Waals surface area contributed by atoms with Gasteiger partial charge in [-0.05, 0) is 39.3 Å². The molecule has 4 nitrogen and oxygen atoms in total. The maximum atomic E-state index is 11.1. The van der Waals surface area contributed by atoms with Crippen LogP contribution < -0.4 is 5.43 Å². The third kappa shape index (κ3) is 3.90. The fraction of sp³-hybridized carbons (Fsp3) is 0.385. The van der Waals surface area contributed by atoms with Gasteiger partial charge in [-0.15, -0.1) is 0 Å². The third-order valence-corrected chi connectivity index (χ3v) is 2.37. The third-order valence-electron chi connectivity index (χ3n) is 2.37. The van der Waals surface area contributed by atoms with Crippen molar-refractivity contribution >= 4 is 11.8 Å². The average Bonchev–Trinajstić information content (AvgIpc) is 2.29. The van der Waals surface area contributed by atoms with Crippen LogP contribution in [-0.4, -0.2) is 18.4 Å². The summed E-state index contributed by atoms with van der Waals surface area (Å²) in [6.07, 6.45) is -0.530. The number of nitrogens with zero attached hydrogens (tertiary/aromatic N) is 1. The second-order valence-electron chi connectivity index (χ2n) is 3.85. The Labute approximate surface area is 102 Å². The van der Waals surface area contributed by atoms with Crippen molar-refractivity contribution in [1.82, 2.24) is 5.43 Å². The Kier molecular flexibility index (Phi) is 4.69. The van der Waals surface area contributed by atoms with Crippen LogP contribution in [0.3, 0.4) is 0 Å². The van der Waals surface area contributed by atoms with Gasteiger partial charge in [-0.25, -0.2) is 10.2 Å². The van der Waals surface area contributed by atoms with Gasteiger partial charge in [0.25, 0.3) is 0 Å². The number of hydrogen-bond acceptors (Lipinski definition) is 3. The van der Waals surface area contributed by atoms with Crippen molar-refractivity contribution in [1.29, 1.82) is 0 Å². The first kappa shape index (κ1) is 13.2. The summed E-state index contributed by atoms with van der Waals surface area (Å²) in [5.41, 5.74) is 6.44. The molecule has 17 heavy (non-hydrogen) atoms. The minimum absolute atomic E-state index is 0.337. The number of carbonyl (C=O) groups excluding carboxylic acids is 1. The van der Waals surface area contributed by atoms with Crippen LogP contribution in [0.1, 0.15) is 30.5 Å². The van der Waals surface area contributed by atoms with E-state index in [0.29, 0.717) is 6.61 Å². The van der Waals surface area contributed by atoms with Crippen molar-refractivity contribution in [2.45, 2.75) is 27.7 Å². The highest BCUT2D eigenvalue weighted by Crippen LogP contribution is 2.11. The van der Waals surface area contributed by atoms with Crippen molar-refractivity contribution < 1.29 is 9.53 Å². The molecular formula is C13H18N2O2. The predicted octanol–water partition coefficient (Wildman–Crippen LogP) is 2.77. The standard InChI is InChI=1S/C13H18N2O2/c1-5-17-13(16)15-14-11(4)12-8-9(2)6-7-10(12)3/h6-8H,5H2,1-4H3,(H,15,16)/b14-11-. The molecule has 1 aromatic carbocycles. The minimum atomic E-state index is -0.530. The zero-order valence-electron chi connectivity index (χ0n) is 10.7. The Morgan fingerprint density at radius 3 is 2.76 bits per heavy atom. The van der Waals surface area contributed by atoms with E-state index in [9.17, 15) is 4.79 Å². The van der Waals surface area contributed by atoms with E-state index in [4.69, 9.17) is 4.74 Å². The van der Waals surface area contributed by atoms with Crippen molar-refractivity contribution in [2.75, 3.05) is 6.61 Å².